The Morgan fingerprint density at radius 2 is 1.94 bits per heavy atom. The minimum absolute atomic E-state index is 0.0744. The Balaban J connectivity index is 3.08. The molecule has 5 heteroatoms. The molecule has 0 aromatic heterocycles. The summed E-state index contributed by atoms with van der Waals surface area (Å²) in [6, 6.07) is 4.27. The van der Waals surface area contributed by atoms with Crippen molar-refractivity contribution in [1.82, 2.24) is 5.32 Å². The van der Waals surface area contributed by atoms with Gasteiger partial charge in [0.05, 0.1) is 4.92 Å². The van der Waals surface area contributed by atoms with Gasteiger partial charge in [-0.2, -0.15) is 0 Å². The van der Waals surface area contributed by atoms with Crippen molar-refractivity contribution in [3.8, 4) is 0 Å². The first-order valence-electron chi connectivity index (χ1n) is 5.28. The number of hydrogen-bond donors (Lipinski definition) is 1. The van der Waals surface area contributed by atoms with Crippen molar-refractivity contribution in [2.75, 3.05) is 0 Å². The van der Waals surface area contributed by atoms with Gasteiger partial charge in [0.15, 0.2) is 0 Å². The maximum absolute atomic E-state index is 11.9. The summed E-state index contributed by atoms with van der Waals surface area (Å²) in [6.45, 7) is 7.33. The summed E-state index contributed by atoms with van der Waals surface area (Å²) in [5, 5.41) is 13.4. The molecule has 0 aliphatic carbocycles. The van der Waals surface area contributed by atoms with Gasteiger partial charge in [-0.05, 0) is 33.3 Å². The number of nitro benzene ring substituents is 1. The molecular formula is C12H16N2O3. The SMILES string of the molecule is Cc1ccc([N+](=O)[O-])cc1C(=O)NC(C)(C)C. The van der Waals surface area contributed by atoms with Crippen LogP contribution in [0.15, 0.2) is 18.2 Å². The Labute approximate surface area is 100.0 Å². The number of benzene rings is 1. The lowest BCUT2D eigenvalue weighted by molar-refractivity contribution is -0.384. The Morgan fingerprint density at radius 1 is 1.35 bits per heavy atom. The average molecular weight is 236 g/mol. The van der Waals surface area contributed by atoms with E-state index in [2.05, 4.69) is 5.32 Å². The maximum Gasteiger partial charge on any atom is 0.270 e. The van der Waals surface area contributed by atoms with Crippen molar-refractivity contribution < 1.29 is 9.72 Å². The van der Waals surface area contributed by atoms with Crippen LogP contribution in [0.5, 0.6) is 0 Å². The summed E-state index contributed by atoms with van der Waals surface area (Å²) in [4.78, 5) is 22.1. The fraction of sp³-hybridized carbons (Fsp3) is 0.417. The van der Waals surface area contributed by atoms with Crippen molar-refractivity contribution in [3.63, 3.8) is 0 Å². The third-order valence-electron chi connectivity index (χ3n) is 2.17. The van der Waals surface area contributed by atoms with Crippen molar-refractivity contribution in [2.45, 2.75) is 33.2 Å². The van der Waals surface area contributed by atoms with Crippen LogP contribution in [-0.2, 0) is 0 Å². The highest BCUT2D eigenvalue weighted by molar-refractivity contribution is 5.96. The third-order valence-corrected chi connectivity index (χ3v) is 2.17. The molecule has 0 saturated heterocycles. The number of carbonyl (C=O) groups excluding carboxylic acids is 1. The molecule has 0 fully saturated rings. The first-order valence-corrected chi connectivity index (χ1v) is 5.28. The molecule has 1 N–H and O–H groups in total. The standard InChI is InChI=1S/C12H16N2O3/c1-8-5-6-9(14(16)17)7-10(8)11(15)13-12(2,3)4/h5-7H,1-4H3,(H,13,15). The molecule has 1 rings (SSSR count). The number of aryl methyl sites for hydroxylation is 1. The number of non-ortho nitro benzene ring substituents is 1. The van der Waals surface area contributed by atoms with E-state index in [9.17, 15) is 14.9 Å². The average Bonchev–Trinajstić information content (AvgIpc) is 2.14. The van der Waals surface area contributed by atoms with E-state index in [-0.39, 0.29) is 17.1 Å². The molecule has 0 heterocycles. The van der Waals surface area contributed by atoms with E-state index in [1.807, 2.05) is 20.8 Å². The van der Waals surface area contributed by atoms with Crippen LogP contribution in [0.2, 0.25) is 0 Å². The molecule has 17 heavy (non-hydrogen) atoms. The van der Waals surface area contributed by atoms with E-state index in [0.29, 0.717) is 5.56 Å². The van der Waals surface area contributed by atoms with Gasteiger partial charge in [0, 0.05) is 23.2 Å². The predicted octanol–water partition coefficient (Wildman–Crippen LogP) is 2.43. The molecule has 1 aromatic rings. The normalized spacial score (nSPS) is 11.1. The van der Waals surface area contributed by atoms with E-state index < -0.39 is 4.92 Å². The lowest BCUT2D eigenvalue weighted by atomic mass is 10.0. The van der Waals surface area contributed by atoms with Crippen LogP contribution in [0.3, 0.4) is 0 Å². The van der Waals surface area contributed by atoms with E-state index >= 15 is 0 Å². The summed E-state index contributed by atoms with van der Waals surface area (Å²) in [7, 11) is 0. The van der Waals surface area contributed by atoms with Gasteiger partial charge in [0.25, 0.3) is 11.6 Å². The molecule has 0 atom stereocenters. The molecule has 5 nitrogen and oxygen atoms in total. The van der Waals surface area contributed by atoms with Crippen molar-refractivity contribution >= 4 is 11.6 Å². The monoisotopic (exact) mass is 236 g/mol. The molecule has 0 unspecified atom stereocenters. The largest absolute Gasteiger partial charge is 0.347 e. The summed E-state index contributed by atoms with van der Waals surface area (Å²) in [5.41, 5.74) is 0.620. The minimum atomic E-state index is -0.507. The van der Waals surface area contributed by atoms with Crippen LogP contribution in [0, 0.1) is 17.0 Å². The van der Waals surface area contributed by atoms with E-state index in [1.54, 1.807) is 13.0 Å². The van der Waals surface area contributed by atoms with E-state index in [4.69, 9.17) is 0 Å². The smallest absolute Gasteiger partial charge is 0.270 e. The Morgan fingerprint density at radius 3 is 2.41 bits per heavy atom. The number of nitrogens with one attached hydrogen (secondary N) is 1. The lowest BCUT2D eigenvalue weighted by Gasteiger charge is -2.21. The molecular weight excluding hydrogens is 220 g/mol. The summed E-state index contributed by atoms with van der Waals surface area (Å²) in [6.07, 6.45) is 0. The van der Waals surface area contributed by atoms with Gasteiger partial charge < -0.3 is 5.32 Å². The molecule has 0 aliphatic heterocycles. The summed E-state index contributed by atoms with van der Waals surface area (Å²) >= 11 is 0. The molecule has 0 bridgehead atoms. The number of rotatable bonds is 2. The minimum Gasteiger partial charge on any atom is -0.347 e. The van der Waals surface area contributed by atoms with Gasteiger partial charge in [-0.1, -0.05) is 6.07 Å². The highest BCUT2D eigenvalue weighted by Gasteiger charge is 2.19. The van der Waals surface area contributed by atoms with Crippen molar-refractivity contribution in [2.24, 2.45) is 0 Å². The topological polar surface area (TPSA) is 72.2 Å². The second kappa shape index (κ2) is 4.53. The maximum atomic E-state index is 11.9. The van der Waals surface area contributed by atoms with Gasteiger partial charge >= 0.3 is 0 Å². The molecule has 1 aromatic carbocycles. The predicted molar refractivity (Wildman–Crippen MR) is 65.1 cm³/mol. The first-order chi connectivity index (χ1) is 7.70. The highest BCUT2D eigenvalue weighted by atomic mass is 16.6. The molecule has 0 spiro atoms. The molecule has 92 valence electrons. The van der Waals surface area contributed by atoms with Crippen LogP contribution in [0.25, 0.3) is 0 Å². The molecule has 0 saturated carbocycles. The Hall–Kier alpha value is -1.91. The van der Waals surface area contributed by atoms with Crippen LogP contribution in [-0.4, -0.2) is 16.4 Å². The fourth-order valence-electron chi connectivity index (χ4n) is 1.38. The zero-order valence-electron chi connectivity index (χ0n) is 10.4. The molecule has 1 amide bonds. The number of nitrogens with zero attached hydrogens (tertiary/aromatic N) is 1. The third kappa shape index (κ3) is 3.55. The fourth-order valence-corrected chi connectivity index (χ4v) is 1.38. The van der Waals surface area contributed by atoms with Gasteiger partial charge in [-0.15, -0.1) is 0 Å². The van der Waals surface area contributed by atoms with Crippen molar-refractivity contribution in [1.29, 1.82) is 0 Å². The quantitative estimate of drug-likeness (QED) is 0.633. The number of amides is 1. The number of nitro groups is 1. The van der Waals surface area contributed by atoms with Crippen LogP contribution < -0.4 is 5.32 Å². The van der Waals surface area contributed by atoms with Crippen LogP contribution in [0.1, 0.15) is 36.7 Å². The summed E-state index contributed by atoms with van der Waals surface area (Å²) in [5.74, 6) is -0.293. The lowest BCUT2D eigenvalue weighted by Crippen LogP contribution is -2.40. The molecule has 0 aliphatic rings. The van der Waals surface area contributed by atoms with Gasteiger partial charge in [0.1, 0.15) is 0 Å². The molecule has 0 radical (unpaired) electrons. The zero-order valence-corrected chi connectivity index (χ0v) is 10.4. The van der Waals surface area contributed by atoms with Crippen LogP contribution in [0.4, 0.5) is 5.69 Å². The van der Waals surface area contributed by atoms with Gasteiger partial charge in [0.2, 0.25) is 0 Å². The van der Waals surface area contributed by atoms with Gasteiger partial charge in [-0.3, -0.25) is 14.9 Å². The second-order valence-corrected chi connectivity index (χ2v) is 4.96. The van der Waals surface area contributed by atoms with E-state index in [1.165, 1.54) is 12.1 Å². The van der Waals surface area contributed by atoms with Gasteiger partial charge in [-0.25, -0.2) is 0 Å². The Bertz CT molecular complexity index is 461. The highest BCUT2D eigenvalue weighted by Crippen LogP contribution is 2.18. The Kier molecular flexibility index (Phi) is 3.50. The van der Waals surface area contributed by atoms with Crippen molar-refractivity contribution in [3.05, 3.63) is 39.4 Å². The zero-order chi connectivity index (χ0) is 13.2. The second-order valence-electron chi connectivity index (χ2n) is 4.96. The first kappa shape index (κ1) is 13.2. The van der Waals surface area contributed by atoms with Crippen LogP contribution >= 0.6 is 0 Å². The number of carbonyl (C=O) groups is 1. The van der Waals surface area contributed by atoms with E-state index in [0.717, 1.165) is 5.56 Å². The summed E-state index contributed by atoms with van der Waals surface area (Å²) < 4.78 is 0. The number of hydrogen-bond acceptors (Lipinski definition) is 3.